The first-order valence-corrected chi connectivity index (χ1v) is 11.2. The minimum Gasteiger partial charge on any atom is -0.307 e. The molecule has 3 amide bonds. The van der Waals surface area contributed by atoms with Crippen LogP contribution in [0.2, 0.25) is 0 Å². The second-order valence-electron chi connectivity index (χ2n) is 8.18. The quantitative estimate of drug-likeness (QED) is 0.287. The number of amides is 3. The van der Waals surface area contributed by atoms with E-state index in [1.54, 1.807) is 36.4 Å². The van der Waals surface area contributed by atoms with E-state index in [1.807, 2.05) is 42.5 Å². The second kappa shape index (κ2) is 9.35. The van der Waals surface area contributed by atoms with Crippen molar-refractivity contribution in [2.75, 3.05) is 18.0 Å². The number of benzene rings is 4. The number of carbonyl (C=O) groups is 3. The Bertz CT molecular complexity index is 1430. The van der Waals surface area contributed by atoms with Gasteiger partial charge in [-0.3, -0.25) is 19.3 Å². The smallest absolute Gasteiger partial charge is 0.261 e. The van der Waals surface area contributed by atoms with Crippen LogP contribution in [0, 0.1) is 5.82 Å². The summed E-state index contributed by atoms with van der Waals surface area (Å²) in [5, 5.41) is 1.47. The van der Waals surface area contributed by atoms with Gasteiger partial charge in [-0.1, -0.05) is 60.7 Å². The van der Waals surface area contributed by atoms with Gasteiger partial charge in [0.15, 0.2) is 0 Å². The van der Waals surface area contributed by atoms with Crippen molar-refractivity contribution in [1.82, 2.24) is 4.90 Å². The average Bonchev–Trinajstić information content (AvgIpc) is 2.88. The Morgan fingerprint density at radius 1 is 0.829 bits per heavy atom. The molecule has 0 spiro atoms. The van der Waals surface area contributed by atoms with Gasteiger partial charge >= 0.3 is 0 Å². The maximum Gasteiger partial charge on any atom is 0.261 e. The lowest BCUT2D eigenvalue weighted by atomic mass is 9.94. The molecule has 35 heavy (non-hydrogen) atoms. The molecule has 0 bridgehead atoms. The Morgan fingerprint density at radius 2 is 1.49 bits per heavy atom. The van der Waals surface area contributed by atoms with Crippen molar-refractivity contribution in [2.24, 2.45) is 0 Å². The predicted octanol–water partition coefficient (Wildman–Crippen LogP) is 5.32. The molecule has 4 aromatic carbocycles. The molecule has 0 N–H and O–H groups in total. The summed E-state index contributed by atoms with van der Waals surface area (Å²) in [6.45, 7) is -0.0269. The summed E-state index contributed by atoms with van der Waals surface area (Å²) >= 11 is 0. The van der Waals surface area contributed by atoms with Crippen molar-refractivity contribution in [2.45, 2.75) is 0 Å². The van der Waals surface area contributed by atoms with Crippen molar-refractivity contribution in [1.29, 1.82) is 0 Å². The Balaban J connectivity index is 1.43. The monoisotopic (exact) mass is 464 g/mol. The van der Waals surface area contributed by atoms with Crippen LogP contribution in [0.3, 0.4) is 0 Å². The first-order valence-electron chi connectivity index (χ1n) is 11.2. The van der Waals surface area contributed by atoms with Gasteiger partial charge in [0.1, 0.15) is 5.82 Å². The molecule has 5 rings (SSSR count). The highest BCUT2D eigenvalue weighted by atomic mass is 19.1. The first kappa shape index (κ1) is 22.2. The van der Waals surface area contributed by atoms with Crippen LogP contribution in [0.15, 0.2) is 97.1 Å². The van der Waals surface area contributed by atoms with Gasteiger partial charge in [-0.05, 0) is 47.4 Å². The minimum absolute atomic E-state index is 0.0110. The molecule has 0 unspecified atom stereocenters. The second-order valence-corrected chi connectivity index (χ2v) is 8.18. The molecule has 1 aliphatic heterocycles. The molecule has 172 valence electrons. The topological polar surface area (TPSA) is 57.7 Å². The third kappa shape index (κ3) is 4.34. The molecule has 0 radical (unpaired) electrons. The highest BCUT2D eigenvalue weighted by Crippen LogP contribution is 2.30. The highest BCUT2D eigenvalue weighted by molar-refractivity contribution is 6.25. The fourth-order valence-corrected chi connectivity index (χ4v) is 4.32. The van der Waals surface area contributed by atoms with Gasteiger partial charge in [0, 0.05) is 41.4 Å². The lowest BCUT2D eigenvalue weighted by Gasteiger charge is -2.30. The zero-order valence-electron chi connectivity index (χ0n) is 18.7. The number of rotatable bonds is 6. The number of halogens is 1. The Labute approximate surface area is 201 Å². The van der Waals surface area contributed by atoms with E-state index >= 15 is 0 Å². The molecule has 0 aliphatic carbocycles. The number of hydrogen-bond donors (Lipinski definition) is 0. The number of anilines is 1. The Hall–Kier alpha value is -4.58. The largest absolute Gasteiger partial charge is 0.307 e. The van der Waals surface area contributed by atoms with Crippen molar-refractivity contribution >= 4 is 40.3 Å². The molecular formula is C29H21FN2O3. The molecule has 0 saturated heterocycles. The van der Waals surface area contributed by atoms with Crippen LogP contribution in [-0.4, -0.2) is 35.7 Å². The summed E-state index contributed by atoms with van der Waals surface area (Å²) in [5.74, 6) is -1.70. The van der Waals surface area contributed by atoms with E-state index in [1.165, 1.54) is 29.2 Å². The van der Waals surface area contributed by atoms with Gasteiger partial charge in [-0.25, -0.2) is 4.39 Å². The van der Waals surface area contributed by atoms with Gasteiger partial charge in [0.2, 0.25) is 0 Å². The van der Waals surface area contributed by atoms with E-state index in [9.17, 15) is 18.8 Å². The predicted molar refractivity (Wildman–Crippen MR) is 134 cm³/mol. The molecule has 1 heterocycles. The van der Waals surface area contributed by atoms with Gasteiger partial charge in [-0.2, -0.15) is 0 Å². The van der Waals surface area contributed by atoms with Crippen LogP contribution in [0.5, 0.6) is 0 Å². The van der Waals surface area contributed by atoms with Crippen LogP contribution in [0.1, 0.15) is 26.3 Å². The van der Waals surface area contributed by atoms with Crippen molar-refractivity contribution in [3.8, 4) is 0 Å². The third-order valence-corrected chi connectivity index (χ3v) is 6.01. The van der Waals surface area contributed by atoms with Crippen LogP contribution in [0.25, 0.3) is 16.8 Å². The van der Waals surface area contributed by atoms with E-state index in [2.05, 4.69) is 0 Å². The van der Waals surface area contributed by atoms with Gasteiger partial charge < -0.3 is 4.90 Å². The molecule has 0 aromatic heterocycles. The van der Waals surface area contributed by atoms with Gasteiger partial charge in [0.25, 0.3) is 17.7 Å². The van der Waals surface area contributed by atoms with E-state index in [0.717, 1.165) is 15.8 Å². The molecule has 4 aromatic rings. The molecule has 0 atom stereocenters. The van der Waals surface area contributed by atoms with Crippen molar-refractivity contribution < 1.29 is 18.8 Å². The fourth-order valence-electron chi connectivity index (χ4n) is 4.32. The maximum atomic E-state index is 14.0. The summed E-state index contributed by atoms with van der Waals surface area (Å²) < 4.78 is 14.0. The highest BCUT2D eigenvalue weighted by Gasteiger charge is 2.33. The number of imide groups is 1. The van der Waals surface area contributed by atoms with Crippen molar-refractivity contribution in [3.63, 3.8) is 0 Å². The van der Waals surface area contributed by atoms with Gasteiger partial charge in [0.05, 0.1) is 0 Å². The maximum absolute atomic E-state index is 14.0. The van der Waals surface area contributed by atoms with Gasteiger partial charge in [-0.15, -0.1) is 0 Å². The summed E-state index contributed by atoms with van der Waals surface area (Å²) in [5.41, 5.74) is 2.08. The van der Waals surface area contributed by atoms with Crippen LogP contribution in [-0.2, 0) is 4.79 Å². The SMILES string of the molecule is O=C1c2cccc3cccc(c23)C(=O)N1CCN(C(=O)C=Cc1ccccc1)c1cccc(F)c1. The molecule has 0 fully saturated rings. The standard InChI is InChI=1S/C29H21FN2O3/c30-22-11-6-12-23(19-22)31(26(33)16-15-20-7-2-1-3-8-20)17-18-32-28(34)24-13-4-9-21-10-5-14-25(27(21)24)29(32)35/h1-16,19H,17-18H2. The number of carbonyl (C=O) groups excluding carboxylic acids is 3. The Kier molecular flexibility index (Phi) is 5.94. The molecule has 1 aliphatic rings. The summed E-state index contributed by atoms with van der Waals surface area (Å²) in [4.78, 5) is 42.1. The normalized spacial score (nSPS) is 13.0. The fraction of sp³-hybridized carbons (Fsp3) is 0.0690. The first-order chi connectivity index (χ1) is 17.0. The Morgan fingerprint density at radius 3 is 2.14 bits per heavy atom. The van der Waals surface area contributed by atoms with E-state index in [4.69, 9.17) is 0 Å². The van der Waals surface area contributed by atoms with Crippen LogP contribution >= 0.6 is 0 Å². The zero-order valence-corrected chi connectivity index (χ0v) is 18.7. The van der Waals surface area contributed by atoms with E-state index in [0.29, 0.717) is 22.2 Å². The van der Waals surface area contributed by atoms with Crippen molar-refractivity contribution in [3.05, 3.63) is 120 Å². The summed E-state index contributed by atoms with van der Waals surface area (Å²) in [7, 11) is 0. The zero-order chi connectivity index (χ0) is 24.4. The van der Waals surface area contributed by atoms with E-state index < -0.39 is 17.6 Å². The lowest BCUT2D eigenvalue weighted by Crippen LogP contribution is -2.45. The summed E-state index contributed by atoms with van der Waals surface area (Å²) in [6, 6.07) is 25.7. The molecule has 0 saturated carbocycles. The van der Waals surface area contributed by atoms with Crippen LogP contribution in [0.4, 0.5) is 10.1 Å². The minimum atomic E-state index is -0.488. The third-order valence-electron chi connectivity index (χ3n) is 6.01. The molecular weight excluding hydrogens is 443 g/mol. The van der Waals surface area contributed by atoms with E-state index in [-0.39, 0.29) is 19.0 Å². The van der Waals surface area contributed by atoms with Crippen LogP contribution < -0.4 is 4.90 Å². The number of nitrogens with zero attached hydrogens (tertiary/aromatic N) is 2. The lowest BCUT2D eigenvalue weighted by molar-refractivity contribution is -0.114. The molecule has 5 nitrogen and oxygen atoms in total. The summed E-state index contributed by atoms with van der Waals surface area (Å²) in [6.07, 6.45) is 3.07. The average molecular weight is 464 g/mol. The molecule has 6 heteroatoms. The number of hydrogen-bond acceptors (Lipinski definition) is 3.